The molecule has 0 aliphatic rings. The molecular weight excluding hydrogens is 117 g/mol. The molecule has 8 heavy (non-hydrogen) atoms. The molecule has 48 valence electrons. The summed E-state index contributed by atoms with van der Waals surface area (Å²) in [7, 11) is 0. The number of allylic oxidation sites excluding steroid dienone is 1. The lowest BCUT2D eigenvalue weighted by molar-refractivity contribution is 0.562. The Labute approximate surface area is 46.3 Å². The van der Waals surface area contributed by atoms with E-state index in [1.54, 1.807) is 0 Å². The smallest absolute Gasteiger partial charge is 0.115 e. The van der Waals surface area contributed by atoms with Crippen LogP contribution in [-0.2, 0) is 0 Å². The fraction of sp³-hybridized carbons (Fsp3) is 0.200. The fourth-order valence-corrected chi connectivity index (χ4v) is 0. The van der Waals surface area contributed by atoms with Crippen LogP contribution in [0.15, 0.2) is 25.3 Å². The maximum absolute atomic E-state index is 10.6. The molecule has 0 aliphatic carbocycles. The lowest BCUT2D eigenvalue weighted by Gasteiger charge is -1.54. The highest BCUT2D eigenvalue weighted by Crippen LogP contribution is 1.67. The summed E-state index contributed by atoms with van der Waals surface area (Å²) < 4.78 is 30.9. The molecule has 0 aromatic heterocycles. The minimum absolute atomic E-state index is 0.167. The molecule has 0 N–H and O–H groups in total. The molecule has 0 saturated heterocycles. The molecule has 0 nitrogen and oxygen atoms in total. The zero-order valence-corrected chi connectivity index (χ0v) is 4.28. The van der Waals surface area contributed by atoms with Crippen molar-refractivity contribution in [3.8, 4) is 0 Å². The molecule has 0 rings (SSSR count). The number of rotatable bonds is 1. The van der Waals surface area contributed by atoms with Gasteiger partial charge in [0.05, 0.1) is 0 Å². The summed E-state index contributed by atoms with van der Waals surface area (Å²) in [4.78, 5) is 0. The normalized spacial score (nSPS) is 7.88. The molecule has 0 radical (unpaired) electrons. The second kappa shape index (κ2) is 16.3. The van der Waals surface area contributed by atoms with E-state index in [0.29, 0.717) is 0 Å². The third kappa shape index (κ3) is 59.6. The Morgan fingerprint density at radius 2 is 1.50 bits per heavy atom. The zero-order valence-electron chi connectivity index (χ0n) is 4.28. The molecule has 0 aromatic carbocycles. The molecule has 0 aromatic rings. The van der Waals surface area contributed by atoms with E-state index >= 15 is 0 Å². The van der Waals surface area contributed by atoms with E-state index in [-0.39, 0.29) is 12.7 Å². The van der Waals surface area contributed by atoms with Crippen molar-refractivity contribution in [1.82, 2.24) is 0 Å². The monoisotopic (exact) mass is 124 g/mol. The minimum atomic E-state index is -0.417. The van der Waals surface area contributed by atoms with E-state index in [4.69, 9.17) is 0 Å². The maximum Gasteiger partial charge on any atom is 0.115 e. The Hall–Kier alpha value is -0.730. The van der Waals surface area contributed by atoms with Gasteiger partial charge in [0.25, 0.3) is 0 Å². The second-order valence-electron chi connectivity index (χ2n) is 0.695. The van der Waals surface area contributed by atoms with Crippen LogP contribution in [-0.4, -0.2) is 6.67 Å². The summed E-state index contributed by atoms with van der Waals surface area (Å²) in [6, 6.07) is 0. The van der Waals surface area contributed by atoms with Crippen LogP contribution in [0.2, 0.25) is 0 Å². The number of hydrogen-bond donors (Lipinski definition) is 0. The van der Waals surface area contributed by atoms with Crippen molar-refractivity contribution in [3.63, 3.8) is 0 Å². The first-order chi connectivity index (χ1) is 3.83. The van der Waals surface area contributed by atoms with Crippen molar-refractivity contribution in [1.29, 1.82) is 0 Å². The average molecular weight is 124 g/mol. The largest absolute Gasteiger partial charge is 0.247 e. The van der Waals surface area contributed by atoms with Crippen molar-refractivity contribution in [2.45, 2.75) is 0 Å². The summed E-state index contributed by atoms with van der Waals surface area (Å²) in [5.41, 5.74) is 0. The summed E-state index contributed by atoms with van der Waals surface area (Å²) in [6.07, 6.45) is 0.875. The van der Waals surface area contributed by atoms with Crippen molar-refractivity contribution in [2.24, 2.45) is 0 Å². The predicted octanol–water partition coefficient (Wildman–Crippen LogP) is 2.54. The van der Waals surface area contributed by atoms with E-state index in [1.807, 2.05) is 0 Å². The standard InChI is InChI=1S/C3H5F.C2H2F2/c1-2-3-4;3-1-2-4/h2H,1,3H2;1-2H. The molecule has 0 amide bonds. The topological polar surface area (TPSA) is 0 Å². The molecular formula is C5H7F3. The van der Waals surface area contributed by atoms with Gasteiger partial charge in [-0.2, -0.15) is 0 Å². The second-order valence-corrected chi connectivity index (χ2v) is 0.695. The number of alkyl halides is 1. The Kier molecular flexibility index (Phi) is 20.9. The summed E-state index contributed by atoms with van der Waals surface area (Å²) in [5, 5.41) is 0. The van der Waals surface area contributed by atoms with Crippen LogP contribution >= 0.6 is 0 Å². The van der Waals surface area contributed by atoms with Crippen LogP contribution in [0.1, 0.15) is 0 Å². The van der Waals surface area contributed by atoms with Gasteiger partial charge < -0.3 is 0 Å². The first-order valence-corrected chi connectivity index (χ1v) is 1.85. The van der Waals surface area contributed by atoms with Gasteiger partial charge in [-0.05, 0) is 0 Å². The Bertz CT molecular complexity index is 54.7. The SMILES string of the molecule is C=CCF.FC=CF. The molecule has 0 unspecified atom stereocenters. The van der Waals surface area contributed by atoms with E-state index in [0.717, 1.165) is 0 Å². The Morgan fingerprint density at radius 3 is 1.50 bits per heavy atom. The summed E-state index contributed by atoms with van der Waals surface area (Å²) in [6.45, 7) is 2.69. The minimum Gasteiger partial charge on any atom is -0.247 e. The number of halogens is 3. The van der Waals surface area contributed by atoms with Crippen molar-refractivity contribution in [3.05, 3.63) is 25.3 Å². The van der Waals surface area contributed by atoms with Gasteiger partial charge in [0.2, 0.25) is 0 Å². The third-order valence-corrected chi connectivity index (χ3v) is 0.157. The lowest BCUT2D eigenvalue weighted by atomic mass is 10.7. The number of hydrogen-bond acceptors (Lipinski definition) is 0. The van der Waals surface area contributed by atoms with Crippen LogP contribution < -0.4 is 0 Å². The molecule has 0 heterocycles. The van der Waals surface area contributed by atoms with Gasteiger partial charge in [-0.15, -0.1) is 6.58 Å². The van der Waals surface area contributed by atoms with Crippen molar-refractivity contribution in [2.75, 3.05) is 6.67 Å². The van der Waals surface area contributed by atoms with Crippen LogP contribution in [0.5, 0.6) is 0 Å². The average Bonchev–Trinajstić information content (AvgIpc) is 1.88. The van der Waals surface area contributed by atoms with E-state index in [2.05, 4.69) is 6.58 Å². The van der Waals surface area contributed by atoms with Crippen molar-refractivity contribution >= 4 is 0 Å². The highest BCUT2D eigenvalue weighted by molar-refractivity contribution is 4.61. The van der Waals surface area contributed by atoms with Crippen molar-refractivity contribution < 1.29 is 13.2 Å². The van der Waals surface area contributed by atoms with Gasteiger partial charge in [-0.3, -0.25) is 0 Å². The Morgan fingerprint density at radius 1 is 1.25 bits per heavy atom. The molecule has 0 atom stereocenters. The summed E-state index contributed by atoms with van der Waals surface area (Å²) in [5.74, 6) is 0. The van der Waals surface area contributed by atoms with Gasteiger partial charge in [-0.1, -0.05) is 6.08 Å². The van der Waals surface area contributed by atoms with Gasteiger partial charge in [-0.25, -0.2) is 13.2 Å². The molecule has 0 bridgehead atoms. The zero-order chi connectivity index (χ0) is 6.83. The quantitative estimate of drug-likeness (QED) is 0.471. The molecule has 0 saturated carbocycles. The van der Waals surface area contributed by atoms with E-state index in [9.17, 15) is 13.2 Å². The molecule has 0 aliphatic heterocycles. The highest BCUT2D eigenvalue weighted by Gasteiger charge is 1.49. The predicted molar refractivity (Wildman–Crippen MR) is 27.5 cm³/mol. The van der Waals surface area contributed by atoms with Gasteiger partial charge in [0.15, 0.2) is 0 Å². The van der Waals surface area contributed by atoms with Crippen LogP contribution in [0, 0.1) is 0 Å². The van der Waals surface area contributed by atoms with Crippen LogP contribution in [0.3, 0.4) is 0 Å². The molecule has 0 spiro atoms. The lowest BCUT2D eigenvalue weighted by Crippen LogP contribution is -1.48. The van der Waals surface area contributed by atoms with Crippen LogP contribution in [0.4, 0.5) is 13.2 Å². The van der Waals surface area contributed by atoms with Gasteiger partial charge in [0.1, 0.15) is 19.3 Å². The van der Waals surface area contributed by atoms with Gasteiger partial charge >= 0.3 is 0 Å². The molecule has 0 fully saturated rings. The maximum atomic E-state index is 10.6. The first kappa shape index (κ1) is 10.3. The summed E-state index contributed by atoms with van der Waals surface area (Å²) >= 11 is 0. The third-order valence-electron chi connectivity index (χ3n) is 0.157. The fourth-order valence-electron chi connectivity index (χ4n) is 0. The van der Waals surface area contributed by atoms with E-state index < -0.39 is 6.67 Å². The molecule has 3 heteroatoms. The van der Waals surface area contributed by atoms with Gasteiger partial charge in [0, 0.05) is 0 Å². The Balaban J connectivity index is 0. The van der Waals surface area contributed by atoms with Crippen LogP contribution in [0.25, 0.3) is 0 Å². The van der Waals surface area contributed by atoms with E-state index in [1.165, 1.54) is 6.08 Å². The highest BCUT2D eigenvalue weighted by atomic mass is 19.2. The first-order valence-electron chi connectivity index (χ1n) is 1.85.